The number of carbonyl (C=O) groups is 1. The Balaban J connectivity index is 2.07. The number of H-pyrrole nitrogens is 1. The molecule has 2 aromatic rings. The first-order valence-electron chi connectivity index (χ1n) is 6.19. The van der Waals surface area contributed by atoms with Crippen LogP contribution in [0, 0.1) is 11.8 Å². The minimum absolute atomic E-state index is 0.0240. The molecule has 1 atom stereocenters. The molecular weight excluding hydrogens is 274 g/mol. The van der Waals surface area contributed by atoms with Crippen LogP contribution in [0.4, 0.5) is 0 Å². The molecule has 1 unspecified atom stereocenters. The van der Waals surface area contributed by atoms with E-state index in [2.05, 4.69) is 27.4 Å². The van der Waals surface area contributed by atoms with Crippen molar-refractivity contribution in [1.82, 2.24) is 15.5 Å². The van der Waals surface area contributed by atoms with Gasteiger partial charge in [-0.25, -0.2) is 0 Å². The van der Waals surface area contributed by atoms with Crippen molar-refractivity contribution in [3.8, 4) is 11.8 Å². The van der Waals surface area contributed by atoms with Crippen molar-refractivity contribution in [2.45, 2.75) is 19.4 Å². The highest BCUT2D eigenvalue weighted by Crippen LogP contribution is 2.18. The molecule has 0 aliphatic heterocycles. The lowest BCUT2D eigenvalue weighted by molar-refractivity contribution is 0.0944. The summed E-state index contributed by atoms with van der Waals surface area (Å²) in [5.74, 6) is 5.58. The van der Waals surface area contributed by atoms with Gasteiger partial charge in [0.1, 0.15) is 4.88 Å². The molecule has 0 aliphatic carbocycles. The summed E-state index contributed by atoms with van der Waals surface area (Å²) >= 11 is 1.35. The molecule has 0 aliphatic rings. The highest BCUT2D eigenvalue weighted by atomic mass is 32.1. The first kappa shape index (κ1) is 14.3. The number of aromatic nitrogens is 2. The number of carbonyl (C=O) groups excluding carboxylic acids is 1. The third-order valence-electron chi connectivity index (χ3n) is 2.70. The first-order valence-corrected chi connectivity index (χ1v) is 7.07. The number of rotatable bonds is 4. The van der Waals surface area contributed by atoms with Gasteiger partial charge in [-0.15, -0.1) is 11.3 Å². The molecule has 0 spiro atoms. The number of aromatic amines is 1. The highest BCUT2D eigenvalue weighted by Gasteiger charge is 2.15. The standard InChI is InChI=1S/C14H15N3O2S/c1-10(12-8-15-16-9-12)17-14(19)13-11(5-7-20-13)4-2-3-6-18/h5,7-10,18H,3,6H2,1H3,(H,15,16)(H,17,19). The maximum atomic E-state index is 12.2. The minimum Gasteiger partial charge on any atom is -0.395 e. The number of aliphatic hydroxyl groups is 1. The Bertz CT molecular complexity index is 622. The number of amides is 1. The van der Waals surface area contributed by atoms with E-state index < -0.39 is 0 Å². The molecule has 0 saturated carbocycles. The molecule has 104 valence electrons. The molecule has 0 radical (unpaired) electrons. The van der Waals surface area contributed by atoms with Gasteiger partial charge in [0.05, 0.1) is 18.8 Å². The number of aliphatic hydroxyl groups excluding tert-OH is 1. The molecule has 20 heavy (non-hydrogen) atoms. The van der Waals surface area contributed by atoms with E-state index in [-0.39, 0.29) is 18.6 Å². The molecule has 2 rings (SSSR count). The van der Waals surface area contributed by atoms with Crippen LogP contribution in [0.5, 0.6) is 0 Å². The fourth-order valence-electron chi connectivity index (χ4n) is 1.64. The van der Waals surface area contributed by atoms with E-state index in [1.807, 2.05) is 18.4 Å². The minimum atomic E-state index is -0.151. The number of hydrogen-bond acceptors (Lipinski definition) is 4. The van der Waals surface area contributed by atoms with Crippen molar-refractivity contribution in [3.63, 3.8) is 0 Å². The normalized spacial score (nSPS) is 11.5. The van der Waals surface area contributed by atoms with Gasteiger partial charge in [0.2, 0.25) is 0 Å². The number of nitrogens with one attached hydrogen (secondary N) is 2. The summed E-state index contributed by atoms with van der Waals surface area (Å²) in [6.07, 6.45) is 3.84. The average Bonchev–Trinajstić information content (AvgIpc) is 3.10. The summed E-state index contributed by atoms with van der Waals surface area (Å²) in [5.41, 5.74) is 1.61. The smallest absolute Gasteiger partial charge is 0.263 e. The van der Waals surface area contributed by atoms with E-state index >= 15 is 0 Å². The van der Waals surface area contributed by atoms with E-state index in [4.69, 9.17) is 5.11 Å². The first-order chi connectivity index (χ1) is 9.72. The highest BCUT2D eigenvalue weighted by molar-refractivity contribution is 7.12. The molecule has 1 amide bonds. The van der Waals surface area contributed by atoms with Crippen molar-refractivity contribution >= 4 is 17.2 Å². The van der Waals surface area contributed by atoms with Gasteiger partial charge >= 0.3 is 0 Å². The van der Waals surface area contributed by atoms with E-state index in [9.17, 15) is 4.79 Å². The van der Waals surface area contributed by atoms with Crippen molar-refractivity contribution in [2.24, 2.45) is 0 Å². The second-order valence-electron chi connectivity index (χ2n) is 4.17. The van der Waals surface area contributed by atoms with Crippen molar-refractivity contribution in [3.05, 3.63) is 39.8 Å². The van der Waals surface area contributed by atoms with E-state index in [0.717, 1.165) is 5.56 Å². The summed E-state index contributed by atoms with van der Waals surface area (Å²) in [7, 11) is 0. The Hall–Kier alpha value is -2.10. The molecule has 0 bridgehead atoms. The van der Waals surface area contributed by atoms with Gasteiger partial charge in [-0.1, -0.05) is 11.8 Å². The lowest BCUT2D eigenvalue weighted by atomic mass is 10.2. The van der Waals surface area contributed by atoms with Crippen LogP contribution in [0.25, 0.3) is 0 Å². The van der Waals surface area contributed by atoms with Crippen LogP contribution >= 0.6 is 11.3 Å². The molecule has 3 N–H and O–H groups in total. The lowest BCUT2D eigenvalue weighted by Gasteiger charge is -2.11. The predicted octanol–water partition coefficient (Wildman–Crippen LogP) is 1.70. The predicted molar refractivity (Wildman–Crippen MR) is 77.4 cm³/mol. The van der Waals surface area contributed by atoms with Gasteiger partial charge in [0.15, 0.2) is 0 Å². The van der Waals surface area contributed by atoms with Crippen LogP contribution in [-0.4, -0.2) is 27.8 Å². The molecule has 6 heteroatoms. The maximum Gasteiger partial charge on any atom is 0.263 e. The summed E-state index contributed by atoms with van der Waals surface area (Å²) < 4.78 is 0. The molecule has 0 aromatic carbocycles. The van der Waals surface area contributed by atoms with Gasteiger partial charge in [0.25, 0.3) is 5.91 Å². The van der Waals surface area contributed by atoms with E-state index in [1.165, 1.54) is 11.3 Å². The third-order valence-corrected chi connectivity index (χ3v) is 3.61. The van der Waals surface area contributed by atoms with Gasteiger partial charge in [0, 0.05) is 23.7 Å². The molecule has 5 nitrogen and oxygen atoms in total. The van der Waals surface area contributed by atoms with E-state index in [1.54, 1.807) is 12.4 Å². The van der Waals surface area contributed by atoms with Crippen LogP contribution < -0.4 is 5.32 Å². The fourth-order valence-corrected chi connectivity index (χ4v) is 2.39. The number of hydrogen-bond donors (Lipinski definition) is 3. The SMILES string of the molecule is CC(NC(=O)c1sccc1C#CCCO)c1cn[nH]c1. The number of nitrogens with zero attached hydrogens (tertiary/aromatic N) is 1. The molecular formula is C14H15N3O2S. The zero-order valence-corrected chi connectivity index (χ0v) is 11.8. The zero-order valence-electron chi connectivity index (χ0n) is 11.0. The van der Waals surface area contributed by atoms with Gasteiger partial charge in [-0.05, 0) is 18.4 Å². The largest absolute Gasteiger partial charge is 0.395 e. The van der Waals surface area contributed by atoms with Gasteiger partial charge in [-0.2, -0.15) is 5.10 Å². The fraction of sp³-hybridized carbons (Fsp3) is 0.286. The van der Waals surface area contributed by atoms with Crippen molar-refractivity contribution < 1.29 is 9.90 Å². The summed E-state index contributed by atoms with van der Waals surface area (Å²) in [4.78, 5) is 12.8. The van der Waals surface area contributed by atoms with Crippen LogP contribution in [0.1, 0.15) is 40.2 Å². The Morgan fingerprint density at radius 2 is 2.50 bits per heavy atom. The summed E-state index contributed by atoms with van der Waals surface area (Å²) in [6, 6.07) is 1.69. The molecule has 0 fully saturated rings. The Morgan fingerprint density at radius 1 is 1.65 bits per heavy atom. The molecule has 2 heterocycles. The second-order valence-corrected chi connectivity index (χ2v) is 5.08. The van der Waals surface area contributed by atoms with Crippen LogP contribution in [0.3, 0.4) is 0 Å². The Morgan fingerprint density at radius 3 is 3.20 bits per heavy atom. The van der Waals surface area contributed by atoms with Crippen molar-refractivity contribution in [1.29, 1.82) is 0 Å². The van der Waals surface area contributed by atoms with Crippen LogP contribution in [0.15, 0.2) is 23.8 Å². The van der Waals surface area contributed by atoms with Crippen LogP contribution in [-0.2, 0) is 0 Å². The van der Waals surface area contributed by atoms with E-state index in [0.29, 0.717) is 16.9 Å². The zero-order chi connectivity index (χ0) is 14.4. The number of thiophene rings is 1. The Labute approximate surface area is 121 Å². The third kappa shape index (κ3) is 3.47. The topological polar surface area (TPSA) is 78.0 Å². The lowest BCUT2D eigenvalue weighted by Crippen LogP contribution is -2.26. The summed E-state index contributed by atoms with van der Waals surface area (Å²) in [6.45, 7) is 1.92. The second kappa shape index (κ2) is 6.89. The van der Waals surface area contributed by atoms with Gasteiger partial charge < -0.3 is 10.4 Å². The maximum absolute atomic E-state index is 12.2. The average molecular weight is 289 g/mol. The van der Waals surface area contributed by atoms with Crippen LogP contribution in [0.2, 0.25) is 0 Å². The summed E-state index contributed by atoms with van der Waals surface area (Å²) in [5, 5.41) is 20.0. The monoisotopic (exact) mass is 289 g/mol. The van der Waals surface area contributed by atoms with Crippen molar-refractivity contribution in [2.75, 3.05) is 6.61 Å². The van der Waals surface area contributed by atoms with Gasteiger partial charge in [-0.3, -0.25) is 9.89 Å². The molecule has 2 aromatic heterocycles. The quantitative estimate of drug-likeness (QED) is 0.750. The Kier molecular flexibility index (Phi) is 4.93. The molecule has 0 saturated heterocycles.